The number of ether oxygens (including phenoxy) is 3. The summed E-state index contributed by atoms with van der Waals surface area (Å²) >= 11 is 6.02. The zero-order valence-electron chi connectivity index (χ0n) is 13.7. The molecule has 0 spiro atoms. The quantitative estimate of drug-likeness (QED) is 0.908. The molecule has 5 nitrogen and oxygen atoms in total. The molecule has 0 bridgehead atoms. The van der Waals surface area contributed by atoms with E-state index in [1.807, 2.05) is 32.0 Å². The number of benzene rings is 2. The van der Waals surface area contributed by atoms with E-state index in [1.165, 1.54) is 0 Å². The fourth-order valence-corrected chi connectivity index (χ4v) is 2.64. The van der Waals surface area contributed by atoms with E-state index in [0.717, 1.165) is 5.56 Å². The summed E-state index contributed by atoms with van der Waals surface area (Å²) < 4.78 is 16.0. The fraction of sp³-hybridized carbons (Fsp3) is 0.278. The molecule has 0 unspecified atom stereocenters. The Morgan fingerprint density at radius 1 is 1.17 bits per heavy atom. The third-order valence-electron chi connectivity index (χ3n) is 4.07. The second kappa shape index (κ2) is 6.24. The smallest absolute Gasteiger partial charge is 0.234 e. The first-order valence-electron chi connectivity index (χ1n) is 7.47. The van der Waals surface area contributed by atoms with Gasteiger partial charge in [-0.05, 0) is 49.7 Å². The summed E-state index contributed by atoms with van der Waals surface area (Å²) in [6.45, 7) is 3.89. The van der Waals surface area contributed by atoms with Crippen molar-refractivity contribution in [1.82, 2.24) is 0 Å². The number of hydrogen-bond acceptors (Lipinski definition) is 4. The number of anilines is 1. The normalized spacial score (nSPS) is 12.8. The van der Waals surface area contributed by atoms with Crippen LogP contribution in [0.1, 0.15) is 19.4 Å². The van der Waals surface area contributed by atoms with Gasteiger partial charge in [-0.15, -0.1) is 0 Å². The van der Waals surface area contributed by atoms with E-state index in [9.17, 15) is 4.79 Å². The van der Waals surface area contributed by atoms with Crippen LogP contribution >= 0.6 is 11.6 Å². The molecule has 6 heteroatoms. The molecule has 2 aromatic carbocycles. The Bertz CT molecular complexity index is 789. The highest BCUT2D eigenvalue weighted by molar-refractivity contribution is 6.31. The van der Waals surface area contributed by atoms with Gasteiger partial charge in [-0.25, -0.2) is 0 Å². The number of methoxy groups -OCH3 is 1. The van der Waals surface area contributed by atoms with Crippen LogP contribution < -0.4 is 19.5 Å². The van der Waals surface area contributed by atoms with Gasteiger partial charge in [0.2, 0.25) is 12.7 Å². The Morgan fingerprint density at radius 2 is 1.92 bits per heavy atom. The van der Waals surface area contributed by atoms with Crippen LogP contribution in [0.5, 0.6) is 17.2 Å². The van der Waals surface area contributed by atoms with Crippen LogP contribution in [0.2, 0.25) is 5.02 Å². The first-order chi connectivity index (χ1) is 11.4. The molecule has 3 rings (SSSR count). The van der Waals surface area contributed by atoms with Crippen LogP contribution in [0.3, 0.4) is 0 Å². The Morgan fingerprint density at radius 3 is 2.67 bits per heavy atom. The van der Waals surface area contributed by atoms with Gasteiger partial charge in [0.1, 0.15) is 5.75 Å². The molecular formula is C18H18ClNO4. The number of nitrogens with one attached hydrogen (secondary N) is 1. The van der Waals surface area contributed by atoms with Crippen LogP contribution in [-0.4, -0.2) is 19.8 Å². The summed E-state index contributed by atoms with van der Waals surface area (Å²) in [7, 11) is 1.54. The molecule has 1 aliphatic heterocycles. The zero-order chi connectivity index (χ0) is 17.3. The molecule has 0 radical (unpaired) electrons. The minimum absolute atomic E-state index is 0.179. The summed E-state index contributed by atoms with van der Waals surface area (Å²) in [5.74, 6) is 1.70. The number of carbonyl (C=O) groups excluding carboxylic acids is 1. The van der Waals surface area contributed by atoms with Crippen molar-refractivity contribution in [2.24, 2.45) is 0 Å². The molecule has 0 fully saturated rings. The van der Waals surface area contributed by atoms with Gasteiger partial charge in [0.05, 0.1) is 18.2 Å². The first-order valence-corrected chi connectivity index (χ1v) is 7.85. The van der Waals surface area contributed by atoms with Crippen molar-refractivity contribution in [3.05, 3.63) is 47.0 Å². The van der Waals surface area contributed by atoms with E-state index in [-0.39, 0.29) is 12.7 Å². The van der Waals surface area contributed by atoms with E-state index in [2.05, 4.69) is 5.32 Å². The molecule has 1 heterocycles. The highest BCUT2D eigenvalue weighted by Crippen LogP contribution is 2.37. The lowest BCUT2D eigenvalue weighted by Gasteiger charge is -2.25. The molecule has 2 aromatic rings. The van der Waals surface area contributed by atoms with Crippen LogP contribution in [0, 0.1) is 0 Å². The van der Waals surface area contributed by atoms with Gasteiger partial charge in [0.15, 0.2) is 11.5 Å². The SMILES string of the molecule is COc1ccc(Cl)cc1NC(=O)C(C)(C)c1ccc2c(c1)OCO2. The number of carbonyl (C=O) groups is 1. The minimum atomic E-state index is -0.783. The van der Waals surface area contributed by atoms with Crippen LogP contribution in [0.15, 0.2) is 36.4 Å². The first kappa shape index (κ1) is 16.5. The Hall–Kier alpha value is -2.40. The van der Waals surface area contributed by atoms with Crippen molar-refractivity contribution in [3.8, 4) is 17.2 Å². The van der Waals surface area contributed by atoms with E-state index >= 15 is 0 Å². The summed E-state index contributed by atoms with van der Waals surface area (Å²) in [5, 5.41) is 3.41. The molecule has 0 aliphatic carbocycles. The zero-order valence-corrected chi connectivity index (χ0v) is 14.4. The maximum atomic E-state index is 12.8. The summed E-state index contributed by atoms with van der Waals surface area (Å²) in [6, 6.07) is 10.6. The lowest BCUT2D eigenvalue weighted by atomic mass is 9.83. The van der Waals surface area contributed by atoms with E-state index in [1.54, 1.807) is 25.3 Å². The minimum Gasteiger partial charge on any atom is -0.495 e. The molecule has 0 aromatic heterocycles. The van der Waals surface area contributed by atoms with Gasteiger partial charge in [-0.3, -0.25) is 4.79 Å². The van der Waals surface area contributed by atoms with Gasteiger partial charge < -0.3 is 19.5 Å². The van der Waals surface area contributed by atoms with Gasteiger partial charge >= 0.3 is 0 Å². The molecule has 24 heavy (non-hydrogen) atoms. The van der Waals surface area contributed by atoms with Crippen LogP contribution in [-0.2, 0) is 10.2 Å². The van der Waals surface area contributed by atoms with Crippen molar-refractivity contribution >= 4 is 23.2 Å². The second-order valence-electron chi connectivity index (χ2n) is 5.99. The number of amides is 1. The van der Waals surface area contributed by atoms with Crippen molar-refractivity contribution < 1.29 is 19.0 Å². The van der Waals surface area contributed by atoms with Crippen molar-refractivity contribution in [2.75, 3.05) is 19.2 Å². The van der Waals surface area contributed by atoms with Crippen molar-refractivity contribution in [1.29, 1.82) is 0 Å². The average molecular weight is 348 g/mol. The Kier molecular flexibility index (Phi) is 4.28. The van der Waals surface area contributed by atoms with Gasteiger partial charge in [-0.2, -0.15) is 0 Å². The topological polar surface area (TPSA) is 56.8 Å². The highest BCUT2D eigenvalue weighted by Gasteiger charge is 2.32. The third kappa shape index (κ3) is 2.99. The highest BCUT2D eigenvalue weighted by atomic mass is 35.5. The Balaban J connectivity index is 1.87. The summed E-state index contributed by atoms with van der Waals surface area (Å²) in [5.41, 5.74) is 0.572. The van der Waals surface area contributed by atoms with Gasteiger partial charge in [0, 0.05) is 5.02 Å². The molecule has 1 aliphatic rings. The number of rotatable bonds is 4. The van der Waals surface area contributed by atoms with Gasteiger partial charge in [0.25, 0.3) is 0 Å². The van der Waals surface area contributed by atoms with E-state index in [0.29, 0.717) is 28.0 Å². The maximum absolute atomic E-state index is 12.8. The largest absolute Gasteiger partial charge is 0.495 e. The average Bonchev–Trinajstić information content (AvgIpc) is 3.02. The van der Waals surface area contributed by atoms with Crippen LogP contribution in [0.4, 0.5) is 5.69 Å². The monoisotopic (exact) mass is 347 g/mol. The molecule has 1 amide bonds. The molecule has 1 N–H and O–H groups in total. The molecule has 0 saturated carbocycles. The molecule has 0 atom stereocenters. The predicted molar refractivity (Wildman–Crippen MR) is 92.2 cm³/mol. The van der Waals surface area contributed by atoms with E-state index in [4.69, 9.17) is 25.8 Å². The molecular weight excluding hydrogens is 330 g/mol. The standard InChI is InChI=1S/C18H18ClNO4/c1-18(2,11-4-6-15-16(8-11)24-10-23-15)17(21)20-13-9-12(19)5-7-14(13)22-3/h4-9H,10H2,1-3H3,(H,20,21). The number of halogens is 1. The maximum Gasteiger partial charge on any atom is 0.234 e. The fourth-order valence-electron chi connectivity index (χ4n) is 2.47. The Labute approximate surface area is 145 Å². The lowest BCUT2D eigenvalue weighted by Crippen LogP contribution is -2.34. The number of fused-ring (bicyclic) bond motifs is 1. The van der Waals surface area contributed by atoms with Crippen molar-refractivity contribution in [2.45, 2.75) is 19.3 Å². The second-order valence-corrected chi connectivity index (χ2v) is 6.43. The van der Waals surface area contributed by atoms with E-state index < -0.39 is 5.41 Å². The summed E-state index contributed by atoms with van der Waals surface area (Å²) in [6.07, 6.45) is 0. The lowest BCUT2D eigenvalue weighted by molar-refractivity contribution is -0.120. The van der Waals surface area contributed by atoms with Gasteiger partial charge in [-0.1, -0.05) is 17.7 Å². The van der Waals surface area contributed by atoms with Crippen LogP contribution in [0.25, 0.3) is 0 Å². The van der Waals surface area contributed by atoms with Crippen molar-refractivity contribution in [3.63, 3.8) is 0 Å². The molecule has 0 saturated heterocycles. The molecule has 126 valence electrons. The summed E-state index contributed by atoms with van der Waals surface area (Å²) in [4.78, 5) is 12.8. The predicted octanol–water partition coefficient (Wildman–Crippen LogP) is 3.99. The number of hydrogen-bond donors (Lipinski definition) is 1. The third-order valence-corrected chi connectivity index (χ3v) is 4.31.